The van der Waals surface area contributed by atoms with E-state index < -0.39 is 0 Å². The van der Waals surface area contributed by atoms with Gasteiger partial charge in [0, 0.05) is 30.3 Å². The van der Waals surface area contributed by atoms with Gasteiger partial charge in [0.25, 0.3) is 0 Å². The van der Waals surface area contributed by atoms with Gasteiger partial charge in [-0.25, -0.2) is 0 Å². The Bertz CT molecular complexity index is 1010. The molecule has 0 aliphatic heterocycles. The van der Waals surface area contributed by atoms with E-state index in [1.165, 1.54) is 21.8 Å². The highest BCUT2D eigenvalue weighted by molar-refractivity contribution is 9.13. The second-order valence-electron chi connectivity index (χ2n) is 5.16. The number of halogens is 2. The van der Waals surface area contributed by atoms with Crippen LogP contribution in [0, 0.1) is 0 Å². The van der Waals surface area contributed by atoms with Crippen LogP contribution in [0.2, 0.25) is 0 Å². The first-order chi connectivity index (χ1) is 10.6. The molecule has 4 heteroatoms. The van der Waals surface area contributed by atoms with E-state index in [2.05, 4.69) is 97.6 Å². The lowest BCUT2D eigenvalue weighted by molar-refractivity contribution is 1.17. The third kappa shape index (κ3) is 2.21. The van der Waals surface area contributed by atoms with Gasteiger partial charge in [-0.05, 0) is 68.3 Å². The molecule has 3 aromatic carbocycles. The van der Waals surface area contributed by atoms with E-state index in [1.54, 1.807) is 0 Å². The molecule has 1 heterocycles. The SMILES string of the molecule is Sc1ccc2c3cc(Br)c(Br)cc3n(-c3ccccc3)c2c1. The molecule has 1 nitrogen and oxygen atoms in total. The molecule has 0 N–H and O–H groups in total. The first kappa shape index (κ1) is 14.4. The number of thiol groups is 1. The fourth-order valence-corrected chi connectivity index (χ4v) is 3.73. The monoisotopic (exact) mass is 431 g/mol. The van der Waals surface area contributed by atoms with E-state index in [0.717, 1.165) is 19.5 Å². The van der Waals surface area contributed by atoms with Gasteiger partial charge in [0.15, 0.2) is 0 Å². The highest BCUT2D eigenvalue weighted by Crippen LogP contribution is 2.37. The van der Waals surface area contributed by atoms with Gasteiger partial charge in [0.2, 0.25) is 0 Å². The van der Waals surface area contributed by atoms with Crippen LogP contribution in [0.3, 0.4) is 0 Å². The number of fused-ring (bicyclic) bond motifs is 3. The maximum Gasteiger partial charge on any atom is 0.0553 e. The number of benzene rings is 3. The molecule has 0 spiro atoms. The van der Waals surface area contributed by atoms with Crippen molar-refractivity contribution in [2.24, 2.45) is 0 Å². The Balaban J connectivity index is 2.24. The highest BCUT2D eigenvalue weighted by Gasteiger charge is 2.14. The average Bonchev–Trinajstić information content (AvgIpc) is 2.81. The number of hydrogen-bond acceptors (Lipinski definition) is 1. The van der Waals surface area contributed by atoms with E-state index in [1.807, 2.05) is 12.1 Å². The van der Waals surface area contributed by atoms with Gasteiger partial charge < -0.3 is 4.57 Å². The molecule has 0 radical (unpaired) electrons. The minimum absolute atomic E-state index is 0.964. The van der Waals surface area contributed by atoms with E-state index in [0.29, 0.717) is 0 Å². The third-order valence-electron chi connectivity index (χ3n) is 3.81. The summed E-state index contributed by atoms with van der Waals surface area (Å²) in [7, 11) is 0. The second-order valence-corrected chi connectivity index (χ2v) is 7.38. The Kier molecular flexibility index (Phi) is 3.56. The van der Waals surface area contributed by atoms with Crippen LogP contribution in [-0.4, -0.2) is 4.57 Å². The topological polar surface area (TPSA) is 4.93 Å². The molecule has 0 aliphatic rings. The van der Waals surface area contributed by atoms with Gasteiger partial charge in [0.05, 0.1) is 11.0 Å². The number of hydrogen-bond donors (Lipinski definition) is 1. The second kappa shape index (κ2) is 5.44. The van der Waals surface area contributed by atoms with Crippen molar-refractivity contribution in [3.8, 4) is 5.69 Å². The molecule has 108 valence electrons. The van der Waals surface area contributed by atoms with E-state index in [4.69, 9.17) is 0 Å². The Morgan fingerprint density at radius 1 is 0.727 bits per heavy atom. The molecule has 4 rings (SSSR count). The molecule has 0 bridgehead atoms. The molecule has 0 atom stereocenters. The van der Waals surface area contributed by atoms with Crippen LogP contribution in [0.15, 0.2) is 74.5 Å². The summed E-state index contributed by atoms with van der Waals surface area (Å²) >= 11 is 11.7. The van der Waals surface area contributed by atoms with Crippen molar-refractivity contribution in [3.63, 3.8) is 0 Å². The van der Waals surface area contributed by atoms with Crippen LogP contribution < -0.4 is 0 Å². The standard InChI is InChI=1S/C18H11Br2NS/c19-15-9-14-13-7-6-12(22)8-17(13)21(18(14)10-16(15)20)11-4-2-1-3-5-11/h1-10,22H. The lowest BCUT2D eigenvalue weighted by Crippen LogP contribution is -1.93. The first-order valence-corrected chi connectivity index (χ1v) is 8.86. The normalized spacial score (nSPS) is 11.4. The van der Waals surface area contributed by atoms with Crippen molar-refractivity contribution in [1.29, 1.82) is 0 Å². The smallest absolute Gasteiger partial charge is 0.0553 e. The molecule has 0 aliphatic carbocycles. The van der Waals surface area contributed by atoms with Gasteiger partial charge in [-0.2, -0.15) is 0 Å². The van der Waals surface area contributed by atoms with E-state index in [9.17, 15) is 0 Å². The van der Waals surface area contributed by atoms with Gasteiger partial charge >= 0.3 is 0 Å². The van der Waals surface area contributed by atoms with Crippen LogP contribution in [0.4, 0.5) is 0 Å². The fraction of sp³-hybridized carbons (Fsp3) is 0. The summed E-state index contributed by atoms with van der Waals surface area (Å²) in [4.78, 5) is 0.964. The summed E-state index contributed by atoms with van der Waals surface area (Å²) in [6, 6.07) is 21.0. The Morgan fingerprint density at radius 2 is 1.41 bits per heavy atom. The molecular weight excluding hydrogens is 422 g/mol. The number of aromatic nitrogens is 1. The minimum atomic E-state index is 0.964. The zero-order valence-electron chi connectivity index (χ0n) is 11.4. The average molecular weight is 433 g/mol. The van der Waals surface area contributed by atoms with Crippen molar-refractivity contribution in [2.45, 2.75) is 4.90 Å². The minimum Gasteiger partial charge on any atom is -0.309 e. The zero-order chi connectivity index (χ0) is 15.3. The van der Waals surface area contributed by atoms with Crippen molar-refractivity contribution in [2.75, 3.05) is 0 Å². The first-order valence-electron chi connectivity index (χ1n) is 6.83. The van der Waals surface area contributed by atoms with E-state index >= 15 is 0 Å². The summed E-state index contributed by atoms with van der Waals surface area (Å²) in [6.45, 7) is 0. The Morgan fingerprint density at radius 3 is 2.18 bits per heavy atom. The molecular formula is C18H11Br2NS. The molecule has 0 unspecified atom stereocenters. The third-order valence-corrected chi connectivity index (χ3v) is 5.93. The molecule has 4 aromatic rings. The molecule has 0 fully saturated rings. The number of rotatable bonds is 1. The summed E-state index contributed by atoms with van der Waals surface area (Å²) < 4.78 is 4.38. The maximum atomic E-state index is 4.51. The summed E-state index contributed by atoms with van der Waals surface area (Å²) in [5, 5.41) is 2.45. The molecule has 0 amide bonds. The number of para-hydroxylation sites is 1. The lowest BCUT2D eigenvalue weighted by Gasteiger charge is -2.08. The van der Waals surface area contributed by atoms with Crippen molar-refractivity contribution >= 4 is 66.3 Å². The van der Waals surface area contributed by atoms with Crippen LogP contribution in [-0.2, 0) is 0 Å². The van der Waals surface area contributed by atoms with Crippen molar-refractivity contribution in [1.82, 2.24) is 4.57 Å². The largest absolute Gasteiger partial charge is 0.309 e. The Hall–Kier alpha value is -1.23. The predicted molar refractivity (Wildman–Crippen MR) is 103 cm³/mol. The van der Waals surface area contributed by atoms with Crippen molar-refractivity contribution < 1.29 is 0 Å². The molecule has 0 saturated heterocycles. The molecule has 22 heavy (non-hydrogen) atoms. The Labute approximate surface area is 150 Å². The van der Waals surface area contributed by atoms with Gasteiger partial charge in [-0.15, -0.1) is 12.6 Å². The van der Waals surface area contributed by atoms with Crippen LogP contribution >= 0.6 is 44.5 Å². The quantitative estimate of drug-likeness (QED) is 0.323. The summed E-state index contributed by atoms with van der Waals surface area (Å²) in [5.74, 6) is 0. The summed E-state index contributed by atoms with van der Waals surface area (Å²) in [6.07, 6.45) is 0. The van der Waals surface area contributed by atoms with Gasteiger partial charge in [-0.3, -0.25) is 0 Å². The summed E-state index contributed by atoms with van der Waals surface area (Å²) in [5.41, 5.74) is 3.49. The fourth-order valence-electron chi connectivity index (χ4n) is 2.85. The zero-order valence-corrected chi connectivity index (χ0v) is 15.5. The van der Waals surface area contributed by atoms with Crippen molar-refractivity contribution in [3.05, 3.63) is 69.6 Å². The highest BCUT2D eigenvalue weighted by atomic mass is 79.9. The lowest BCUT2D eigenvalue weighted by atomic mass is 10.1. The van der Waals surface area contributed by atoms with Crippen LogP contribution in [0.1, 0.15) is 0 Å². The maximum absolute atomic E-state index is 4.51. The van der Waals surface area contributed by atoms with Crippen LogP contribution in [0.5, 0.6) is 0 Å². The predicted octanol–water partition coefficient (Wildman–Crippen LogP) is 6.60. The number of nitrogens with zero attached hydrogens (tertiary/aromatic N) is 1. The van der Waals surface area contributed by atoms with Crippen LogP contribution in [0.25, 0.3) is 27.5 Å². The molecule has 1 aromatic heterocycles. The van der Waals surface area contributed by atoms with Gasteiger partial charge in [-0.1, -0.05) is 24.3 Å². The van der Waals surface area contributed by atoms with Gasteiger partial charge in [0.1, 0.15) is 0 Å². The van der Waals surface area contributed by atoms with E-state index in [-0.39, 0.29) is 0 Å². The molecule has 0 saturated carbocycles.